The lowest BCUT2D eigenvalue weighted by atomic mass is 10.1. The van der Waals surface area contributed by atoms with Crippen molar-refractivity contribution in [2.75, 3.05) is 34.9 Å². The number of methoxy groups -OCH3 is 3. The molecule has 7 heteroatoms. The van der Waals surface area contributed by atoms with E-state index in [0.29, 0.717) is 6.54 Å². The van der Waals surface area contributed by atoms with Crippen molar-refractivity contribution in [3.05, 3.63) is 53.6 Å². The van der Waals surface area contributed by atoms with Gasteiger partial charge in [-0.25, -0.2) is 0 Å². The molecule has 0 atom stereocenters. The van der Waals surface area contributed by atoms with Gasteiger partial charge in [-0.05, 0) is 48.2 Å². The Bertz CT molecular complexity index is 753. The van der Waals surface area contributed by atoms with Crippen LogP contribution in [0.3, 0.4) is 0 Å². The molecule has 0 spiro atoms. The molecule has 6 nitrogen and oxygen atoms in total. The minimum atomic E-state index is 0. The smallest absolute Gasteiger partial charge is 0.191 e. The van der Waals surface area contributed by atoms with Gasteiger partial charge in [-0.2, -0.15) is 0 Å². The average Bonchev–Trinajstić information content (AvgIpc) is 2.73. The first kappa shape index (κ1) is 23.9. The molecule has 2 aromatic rings. The van der Waals surface area contributed by atoms with Crippen molar-refractivity contribution in [1.82, 2.24) is 10.6 Å². The fourth-order valence-corrected chi connectivity index (χ4v) is 2.72. The van der Waals surface area contributed by atoms with E-state index in [1.54, 1.807) is 28.4 Å². The molecule has 2 rings (SSSR count). The second-order valence-corrected chi connectivity index (χ2v) is 6.00. The molecular formula is C21H30IN3O3. The molecule has 0 radical (unpaired) electrons. The summed E-state index contributed by atoms with van der Waals surface area (Å²) in [5, 5.41) is 6.66. The largest absolute Gasteiger partial charge is 0.497 e. The van der Waals surface area contributed by atoms with E-state index < -0.39 is 0 Å². The molecule has 0 aliphatic heterocycles. The highest BCUT2D eigenvalue weighted by molar-refractivity contribution is 14.0. The summed E-state index contributed by atoms with van der Waals surface area (Å²) in [5.74, 6) is 3.11. The highest BCUT2D eigenvalue weighted by Crippen LogP contribution is 2.27. The van der Waals surface area contributed by atoms with Crippen molar-refractivity contribution in [3.8, 4) is 17.2 Å². The molecule has 0 unspecified atom stereocenters. The minimum absolute atomic E-state index is 0. The zero-order valence-electron chi connectivity index (χ0n) is 17.0. The maximum absolute atomic E-state index is 5.34. The Morgan fingerprint density at radius 2 is 1.68 bits per heavy atom. The molecule has 28 heavy (non-hydrogen) atoms. The zero-order chi connectivity index (χ0) is 19.5. The third kappa shape index (κ3) is 7.46. The topological polar surface area (TPSA) is 64.1 Å². The Labute approximate surface area is 184 Å². The Kier molecular flexibility index (Phi) is 11.2. The molecule has 2 aromatic carbocycles. The highest BCUT2D eigenvalue weighted by atomic mass is 127. The highest BCUT2D eigenvalue weighted by Gasteiger charge is 2.05. The van der Waals surface area contributed by atoms with Gasteiger partial charge in [0, 0.05) is 20.1 Å². The van der Waals surface area contributed by atoms with Crippen LogP contribution in [0, 0.1) is 0 Å². The molecule has 154 valence electrons. The zero-order valence-corrected chi connectivity index (χ0v) is 19.3. The van der Waals surface area contributed by atoms with E-state index in [9.17, 15) is 0 Å². The molecule has 0 amide bonds. The number of ether oxygens (including phenoxy) is 3. The maximum Gasteiger partial charge on any atom is 0.191 e. The van der Waals surface area contributed by atoms with Gasteiger partial charge in [-0.1, -0.05) is 18.2 Å². The van der Waals surface area contributed by atoms with Crippen LogP contribution < -0.4 is 24.8 Å². The number of halogens is 1. The van der Waals surface area contributed by atoms with Crippen LogP contribution >= 0.6 is 24.0 Å². The first-order valence-electron chi connectivity index (χ1n) is 8.98. The predicted octanol–water partition coefficient (Wildman–Crippen LogP) is 3.63. The number of rotatable bonds is 9. The number of nitrogens with one attached hydrogen (secondary N) is 2. The molecule has 0 aromatic heterocycles. The summed E-state index contributed by atoms with van der Waals surface area (Å²) in [4.78, 5) is 4.27. The molecule has 0 heterocycles. The predicted molar refractivity (Wildman–Crippen MR) is 124 cm³/mol. The van der Waals surface area contributed by atoms with Crippen LogP contribution in [0.15, 0.2) is 47.5 Å². The molecule has 2 N–H and O–H groups in total. The van der Waals surface area contributed by atoms with Crippen molar-refractivity contribution in [2.24, 2.45) is 4.99 Å². The third-order valence-electron chi connectivity index (χ3n) is 4.20. The summed E-state index contributed by atoms with van der Waals surface area (Å²) < 4.78 is 15.9. The summed E-state index contributed by atoms with van der Waals surface area (Å²) in [6, 6.07) is 14.0. The van der Waals surface area contributed by atoms with Gasteiger partial charge >= 0.3 is 0 Å². The molecule has 0 fully saturated rings. The first-order chi connectivity index (χ1) is 13.2. The molecule has 0 aliphatic rings. The van der Waals surface area contributed by atoms with Gasteiger partial charge in [0.05, 0.1) is 21.3 Å². The molecule has 0 bridgehead atoms. The van der Waals surface area contributed by atoms with Gasteiger partial charge in [0.25, 0.3) is 0 Å². The second kappa shape index (κ2) is 13.1. The van der Waals surface area contributed by atoms with Crippen LogP contribution in [-0.4, -0.2) is 40.9 Å². The van der Waals surface area contributed by atoms with Gasteiger partial charge in [-0.15, -0.1) is 24.0 Å². The van der Waals surface area contributed by atoms with E-state index in [0.717, 1.165) is 48.2 Å². The number of aliphatic imine (C=N–C) groups is 1. The minimum Gasteiger partial charge on any atom is -0.497 e. The van der Waals surface area contributed by atoms with Crippen LogP contribution in [0.4, 0.5) is 0 Å². The number of hydrogen-bond acceptors (Lipinski definition) is 4. The molecule has 0 saturated carbocycles. The van der Waals surface area contributed by atoms with Gasteiger partial charge in [0.15, 0.2) is 17.5 Å². The Hall–Kier alpha value is -2.16. The van der Waals surface area contributed by atoms with E-state index in [1.165, 1.54) is 5.56 Å². The van der Waals surface area contributed by atoms with E-state index in [1.807, 2.05) is 30.3 Å². The first-order valence-corrected chi connectivity index (χ1v) is 8.98. The third-order valence-corrected chi connectivity index (χ3v) is 4.20. The number of aryl methyl sites for hydroxylation is 1. The van der Waals surface area contributed by atoms with Crippen LogP contribution in [0.25, 0.3) is 0 Å². The molecule has 0 saturated heterocycles. The lowest BCUT2D eigenvalue weighted by Crippen LogP contribution is -2.37. The number of guanidine groups is 1. The summed E-state index contributed by atoms with van der Waals surface area (Å²) in [7, 11) is 6.73. The van der Waals surface area contributed by atoms with Crippen molar-refractivity contribution < 1.29 is 14.2 Å². The van der Waals surface area contributed by atoms with Crippen molar-refractivity contribution in [1.29, 1.82) is 0 Å². The lowest BCUT2D eigenvalue weighted by molar-refractivity contribution is 0.354. The Morgan fingerprint density at radius 1 is 0.893 bits per heavy atom. The number of benzene rings is 2. The summed E-state index contributed by atoms with van der Waals surface area (Å²) in [6.07, 6.45) is 1.99. The van der Waals surface area contributed by atoms with Crippen LogP contribution in [0.5, 0.6) is 17.2 Å². The van der Waals surface area contributed by atoms with Crippen LogP contribution in [0.1, 0.15) is 17.5 Å². The second-order valence-electron chi connectivity index (χ2n) is 6.00. The van der Waals surface area contributed by atoms with Crippen molar-refractivity contribution in [3.63, 3.8) is 0 Å². The number of hydrogen-bond donors (Lipinski definition) is 2. The normalized spacial score (nSPS) is 10.6. The Morgan fingerprint density at radius 3 is 2.36 bits per heavy atom. The maximum atomic E-state index is 5.34. The summed E-state index contributed by atoms with van der Waals surface area (Å²) >= 11 is 0. The van der Waals surface area contributed by atoms with Crippen LogP contribution in [-0.2, 0) is 13.0 Å². The fraction of sp³-hybridized carbons (Fsp3) is 0.381. The fourth-order valence-electron chi connectivity index (χ4n) is 2.72. The van der Waals surface area contributed by atoms with Crippen molar-refractivity contribution in [2.45, 2.75) is 19.4 Å². The lowest BCUT2D eigenvalue weighted by Gasteiger charge is -2.13. The summed E-state index contributed by atoms with van der Waals surface area (Å²) in [5.41, 5.74) is 2.36. The van der Waals surface area contributed by atoms with Gasteiger partial charge in [-0.3, -0.25) is 4.99 Å². The average molecular weight is 499 g/mol. The van der Waals surface area contributed by atoms with Gasteiger partial charge < -0.3 is 24.8 Å². The molecule has 0 aliphatic carbocycles. The van der Waals surface area contributed by atoms with E-state index in [-0.39, 0.29) is 24.0 Å². The quantitative estimate of drug-likeness (QED) is 0.239. The van der Waals surface area contributed by atoms with Crippen LogP contribution in [0.2, 0.25) is 0 Å². The van der Waals surface area contributed by atoms with E-state index in [4.69, 9.17) is 14.2 Å². The van der Waals surface area contributed by atoms with E-state index in [2.05, 4.69) is 27.8 Å². The SMILES string of the molecule is CN=C(NCCCc1cccc(OC)c1)NCc1ccc(OC)c(OC)c1.I. The monoisotopic (exact) mass is 499 g/mol. The van der Waals surface area contributed by atoms with Gasteiger partial charge in [0.1, 0.15) is 5.75 Å². The van der Waals surface area contributed by atoms with Gasteiger partial charge in [0.2, 0.25) is 0 Å². The number of nitrogens with zero attached hydrogens (tertiary/aromatic N) is 1. The standard InChI is InChI=1S/C21H29N3O3.HI/c1-22-21(23-12-6-8-16-7-5-9-18(13-16)25-2)24-15-17-10-11-19(26-3)20(14-17)27-4;/h5,7,9-11,13-14H,6,8,12,15H2,1-4H3,(H2,22,23,24);1H. The Balaban J connectivity index is 0.00000392. The molecular weight excluding hydrogens is 469 g/mol. The van der Waals surface area contributed by atoms with Crippen molar-refractivity contribution >= 4 is 29.9 Å². The summed E-state index contributed by atoms with van der Waals surface area (Å²) in [6.45, 7) is 1.48. The van der Waals surface area contributed by atoms with E-state index >= 15 is 0 Å².